The molecule has 1 aliphatic rings. The number of nitrogens with zero attached hydrogens (tertiary/aromatic N) is 3. The highest BCUT2D eigenvalue weighted by atomic mass is 15.0. The zero-order valence-electron chi connectivity index (χ0n) is 24.5. The molecule has 0 amide bonds. The summed E-state index contributed by atoms with van der Waals surface area (Å²) in [6.07, 6.45) is 0.865. The molecule has 0 spiro atoms. The van der Waals surface area contributed by atoms with Gasteiger partial charge in [0.15, 0.2) is 17.5 Å². The molecular weight excluding hydrogens is 546 g/mol. The van der Waals surface area contributed by atoms with Crippen LogP contribution in [-0.2, 0) is 6.42 Å². The van der Waals surface area contributed by atoms with Gasteiger partial charge in [-0.3, -0.25) is 0 Å². The predicted molar refractivity (Wildman–Crippen MR) is 185 cm³/mol. The van der Waals surface area contributed by atoms with Gasteiger partial charge < -0.3 is 0 Å². The van der Waals surface area contributed by atoms with Crippen molar-refractivity contribution in [2.45, 2.75) is 6.42 Å². The van der Waals surface area contributed by atoms with Crippen molar-refractivity contribution in [2.75, 3.05) is 0 Å². The molecule has 0 aliphatic heterocycles. The van der Waals surface area contributed by atoms with Gasteiger partial charge in [0.1, 0.15) is 0 Å². The third-order valence-electron chi connectivity index (χ3n) is 8.97. The Morgan fingerprint density at radius 1 is 0.356 bits per heavy atom. The zero-order valence-corrected chi connectivity index (χ0v) is 24.5. The van der Waals surface area contributed by atoms with Gasteiger partial charge in [0.05, 0.1) is 0 Å². The Labute approximate surface area is 261 Å². The molecule has 8 aromatic rings. The van der Waals surface area contributed by atoms with Gasteiger partial charge >= 0.3 is 0 Å². The van der Waals surface area contributed by atoms with Crippen LogP contribution < -0.4 is 0 Å². The Morgan fingerprint density at radius 2 is 0.956 bits per heavy atom. The van der Waals surface area contributed by atoms with Crippen LogP contribution >= 0.6 is 0 Å². The van der Waals surface area contributed by atoms with Crippen LogP contribution in [0.4, 0.5) is 0 Å². The molecule has 1 aromatic heterocycles. The number of fused-ring (bicyclic) bond motifs is 5. The van der Waals surface area contributed by atoms with Gasteiger partial charge in [-0.15, -0.1) is 0 Å². The van der Waals surface area contributed by atoms with Crippen LogP contribution in [0.25, 0.3) is 78.0 Å². The second-order valence-electron chi connectivity index (χ2n) is 11.6. The molecule has 0 fully saturated rings. The van der Waals surface area contributed by atoms with E-state index in [2.05, 4.69) is 133 Å². The van der Waals surface area contributed by atoms with E-state index in [-0.39, 0.29) is 0 Å². The normalized spacial score (nSPS) is 11.9. The highest BCUT2D eigenvalue weighted by Gasteiger charge is 2.24. The van der Waals surface area contributed by atoms with Crippen molar-refractivity contribution < 1.29 is 0 Å². The molecule has 3 heteroatoms. The van der Waals surface area contributed by atoms with E-state index in [0.717, 1.165) is 39.4 Å². The summed E-state index contributed by atoms with van der Waals surface area (Å²) < 4.78 is 0. The summed E-state index contributed by atoms with van der Waals surface area (Å²) in [4.78, 5) is 15.5. The van der Waals surface area contributed by atoms with E-state index in [0.29, 0.717) is 17.5 Å². The van der Waals surface area contributed by atoms with Crippen molar-refractivity contribution >= 4 is 21.5 Å². The fourth-order valence-electron chi connectivity index (χ4n) is 6.82. The van der Waals surface area contributed by atoms with Gasteiger partial charge in [-0.05, 0) is 62.0 Å². The average Bonchev–Trinajstić information content (AvgIpc) is 3.50. The minimum atomic E-state index is 0.670. The van der Waals surface area contributed by atoms with Crippen LogP contribution in [0.5, 0.6) is 0 Å². The zero-order chi connectivity index (χ0) is 29.7. The fraction of sp³-hybridized carbons (Fsp3) is 0.0238. The number of hydrogen-bond acceptors (Lipinski definition) is 3. The quantitative estimate of drug-likeness (QED) is 0.210. The molecular formula is C42H27N3. The third kappa shape index (κ3) is 4.32. The molecule has 210 valence electrons. The third-order valence-corrected chi connectivity index (χ3v) is 8.97. The van der Waals surface area contributed by atoms with E-state index in [4.69, 9.17) is 15.0 Å². The molecule has 0 bridgehead atoms. The maximum atomic E-state index is 5.25. The Hall–Kier alpha value is -5.93. The summed E-state index contributed by atoms with van der Waals surface area (Å²) in [7, 11) is 0. The van der Waals surface area contributed by atoms with Gasteiger partial charge in [0.2, 0.25) is 0 Å². The molecule has 0 unspecified atom stereocenters. The monoisotopic (exact) mass is 573 g/mol. The lowest BCUT2D eigenvalue weighted by Crippen LogP contribution is -2.02. The molecule has 9 rings (SSSR count). The van der Waals surface area contributed by atoms with Gasteiger partial charge in [-0.1, -0.05) is 146 Å². The number of benzene rings is 7. The van der Waals surface area contributed by atoms with Crippen LogP contribution in [0, 0.1) is 0 Å². The van der Waals surface area contributed by atoms with E-state index < -0.39 is 0 Å². The van der Waals surface area contributed by atoms with Gasteiger partial charge in [-0.2, -0.15) is 0 Å². The van der Waals surface area contributed by atoms with Crippen LogP contribution in [-0.4, -0.2) is 15.0 Å². The van der Waals surface area contributed by atoms with Crippen LogP contribution in [0.15, 0.2) is 152 Å². The molecule has 0 atom stereocenters. The molecule has 0 radical (unpaired) electrons. The first-order valence-electron chi connectivity index (χ1n) is 15.3. The molecule has 1 aliphatic carbocycles. The smallest absolute Gasteiger partial charge is 0.164 e. The first kappa shape index (κ1) is 25.6. The Bertz CT molecular complexity index is 2400. The summed E-state index contributed by atoms with van der Waals surface area (Å²) in [6, 6.07) is 53.5. The summed E-state index contributed by atoms with van der Waals surface area (Å²) in [5.74, 6) is 2.04. The molecule has 0 N–H and O–H groups in total. The average molecular weight is 574 g/mol. The molecule has 3 nitrogen and oxygen atoms in total. The van der Waals surface area contributed by atoms with Crippen molar-refractivity contribution in [1.82, 2.24) is 15.0 Å². The number of aromatic nitrogens is 3. The van der Waals surface area contributed by atoms with Gasteiger partial charge in [-0.25, -0.2) is 15.0 Å². The first-order valence-corrected chi connectivity index (χ1v) is 15.3. The molecule has 0 saturated carbocycles. The molecule has 45 heavy (non-hydrogen) atoms. The summed E-state index contributed by atoms with van der Waals surface area (Å²) >= 11 is 0. The first-order chi connectivity index (χ1) is 22.3. The minimum Gasteiger partial charge on any atom is -0.208 e. The number of hydrogen-bond donors (Lipinski definition) is 0. The van der Waals surface area contributed by atoms with Crippen molar-refractivity contribution in [2.24, 2.45) is 0 Å². The summed E-state index contributed by atoms with van der Waals surface area (Å²) in [5, 5.41) is 4.74. The topological polar surface area (TPSA) is 38.7 Å². The Balaban J connectivity index is 1.29. The van der Waals surface area contributed by atoms with Crippen molar-refractivity contribution in [3.05, 3.63) is 163 Å². The van der Waals surface area contributed by atoms with Crippen molar-refractivity contribution in [3.63, 3.8) is 0 Å². The van der Waals surface area contributed by atoms with Crippen LogP contribution in [0.2, 0.25) is 0 Å². The van der Waals surface area contributed by atoms with Gasteiger partial charge in [0, 0.05) is 22.1 Å². The van der Waals surface area contributed by atoms with E-state index >= 15 is 0 Å². The maximum Gasteiger partial charge on any atom is 0.164 e. The SMILES string of the molecule is c1ccc(-c2nc(-c3cccc4c3Cc3ccccc3-4)nc(-c3cccc4cccc(-c5ccc6ccccc6c5)c34)n2)cc1. The molecule has 7 aromatic carbocycles. The lowest BCUT2D eigenvalue weighted by molar-refractivity contribution is 1.07. The Morgan fingerprint density at radius 3 is 1.82 bits per heavy atom. The van der Waals surface area contributed by atoms with Crippen LogP contribution in [0.1, 0.15) is 11.1 Å². The summed E-state index contributed by atoms with van der Waals surface area (Å²) in [6.45, 7) is 0. The largest absolute Gasteiger partial charge is 0.208 e. The highest BCUT2D eigenvalue weighted by molar-refractivity contribution is 6.06. The maximum absolute atomic E-state index is 5.25. The van der Waals surface area contributed by atoms with Gasteiger partial charge in [0.25, 0.3) is 0 Å². The minimum absolute atomic E-state index is 0.670. The van der Waals surface area contributed by atoms with E-state index in [1.54, 1.807) is 0 Å². The second-order valence-corrected chi connectivity index (χ2v) is 11.6. The molecule has 0 saturated heterocycles. The Kier molecular flexibility index (Phi) is 5.88. The lowest BCUT2D eigenvalue weighted by Gasteiger charge is -2.15. The van der Waals surface area contributed by atoms with Crippen molar-refractivity contribution in [3.8, 4) is 56.4 Å². The van der Waals surface area contributed by atoms with E-state index in [1.807, 2.05) is 18.2 Å². The predicted octanol–water partition coefficient (Wildman–Crippen LogP) is 10.4. The second kappa shape index (κ2) is 10.4. The standard InChI is InChI=1S/C42H27N3/c1-2-12-29(13-3-1)40-43-41(36-21-10-20-35-33-18-7-6-15-31(33)26-38(35)36)45-42(44-40)37-22-9-17-28-16-8-19-34(39(28)37)32-24-23-27-11-4-5-14-30(27)25-32/h1-25H,26H2. The van der Waals surface area contributed by atoms with E-state index in [9.17, 15) is 0 Å². The number of rotatable bonds is 4. The van der Waals surface area contributed by atoms with Crippen LogP contribution in [0.3, 0.4) is 0 Å². The summed E-state index contributed by atoms with van der Waals surface area (Å²) in [5.41, 5.74) is 10.5. The molecule has 1 heterocycles. The van der Waals surface area contributed by atoms with E-state index in [1.165, 1.54) is 38.6 Å². The van der Waals surface area contributed by atoms with Crippen molar-refractivity contribution in [1.29, 1.82) is 0 Å². The lowest BCUT2D eigenvalue weighted by atomic mass is 9.93. The highest BCUT2D eigenvalue weighted by Crippen LogP contribution is 2.42. The fourth-order valence-corrected chi connectivity index (χ4v) is 6.82.